The molecule has 0 saturated carbocycles. The van der Waals surface area contributed by atoms with E-state index in [-0.39, 0.29) is 12.1 Å². The van der Waals surface area contributed by atoms with E-state index in [1.807, 2.05) is 6.20 Å². The zero-order chi connectivity index (χ0) is 10.8. The molecule has 4 heteroatoms. The van der Waals surface area contributed by atoms with Gasteiger partial charge in [0.2, 0.25) is 0 Å². The van der Waals surface area contributed by atoms with Crippen molar-refractivity contribution in [2.75, 3.05) is 0 Å². The fourth-order valence-corrected chi connectivity index (χ4v) is 2.15. The van der Waals surface area contributed by atoms with Crippen LogP contribution in [0.4, 0.5) is 0 Å². The first kappa shape index (κ1) is 10.6. The van der Waals surface area contributed by atoms with Crippen LogP contribution in [0.15, 0.2) is 12.4 Å². The Labute approximate surface area is 90.4 Å². The van der Waals surface area contributed by atoms with Crippen molar-refractivity contribution in [3.05, 3.63) is 18.2 Å². The summed E-state index contributed by atoms with van der Waals surface area (Å²) >= 11 is 0. The number of nitrogens with two attached hydrogens (primary N) is 1. The van der Waals surface area contributed by atoms with E-state index in [1.165, 1.54) is 0 Å². The summed E-state index contributed by atoms with van der Waals surface area (Å²) in [5.41, 5.74) is 6.18. The van der Waals surface area contributed by atoms with Gasteiger partial charge >= 0.3 is 0 Å². The SMILES string of the molecule is CCn1ccnc1C(N)C1CCC(C)O1. The van der Waals surface area contributed by atoms with E-state index in [1.54, 1.807) is 6.20 Å². The maximum Gasteiger partial charge on any atom is 0.128 e. The van der Waals surface area contributed by atoms with Gasteiger partial charge in [0.25, 0.3) is 0 Å². The largest absolute Gasteiger partial charge is 0.373 e. The molecule has 1 fully saturated rings. The lowest BCUT2D eigenvalue weighted by Crippen LogP contribution is -2.29. The van der Waals surface area contributed by atoms with Gasteiger partial charge in [-0.1, -0.05) is 0 Å². The number of aryl methyl sites for hydroxylation is 1. The summed E-state index contributed by atoms with van der Waals surface area (Å²) in [5, 5.41) is 0. The Kier molecular flexibility index (Phi) is 3.07. The number of rotatable bonds is 3. The third-order valence-electron chi connectivity index (χ3n) is 3.05. The summed E-state index contributed by atoms with van der Waals surface area (Å²) in [6.07, 6.45) is 6.38. The van der Waals surface area contributed by atoms with Gasteiger partial charge in [0.15, 0.2) is 0 Å². The third-order valence-corrected chi connectivity index (χ3v) is 3.05. The van der Waals surface area contributed by atoms with E-state index in [0.29, 0.717) is 6.10 Å². The van der Waals surface area contributed by atoms with Crippen LogP contribution in [0.5, 0.6) is 0 Å². The highest BCUT2D eigenvalue weighted by Crippen LogP contribution is 2.27. The lowest BCUT2D eigenvalue weighted by Gasteiger charge is -2.19. The van der Waals surface area contributed by atoms with E-state index in [2.05, 4.69) is 23.4 Å². The summed E-state index contributed by atoms with van der Waals surface area (Å²) in [6, 6.07) is -0.0927. The van der Waals surface area contributed by atoms with Gasteiger partial charge in [-0.25, -0.2) is 4.98 Å². The third kappa shape index (κ3) is 2.06. The standard InChI is InChI=1S/C11H19N3O/c1-3-14-7-6-13-11(14)10(12)9-5-4-8(2)15-9/h6-10H,3-5,12H2,1-2H3. The molecule has 0 radical (unpaired) electrons. The smallest absolute Gasteiger partial charge is 0.128 e. The van der Waals surface area contributed by atoms with Crippen LogP contribution in [-0.2, 0) is 11.3 Å². The van der Waals surface area contributed by atoms with E-state index in [9.17, 15) is 0 Å². The van der Waals surface area contributed by atoms with Crippen molar-refractivity contribution in [1.29, 1.82) is 0 Å². The fraction of sp³-hybridized carbons (Fsp3) is 0.727. The minimum absolute atomic E-state index is 0.0927. The molecule has 1 aliphatic heterocycles. The lowest BCUT2D eigenvalue weighted by atomic mass is 10.1. The summed E-state index contributed by atoms with van der Waals surface area (Å²) in [4.78, 5) is 4.31. The number of aromatic nitrogens is 2. The van der Waals surface area contributed by atoms with Crippen molar-refractivity contribution in [3.63, 3.8) is 0 Å². The van der Waals surface area contributed by atoms with Gasteiger partial charge in [0, 0.05) is 18.9 Å². The molecule has 0 amide bonds. The topological polar surface area (TPSA) is 53.1 Å². The molecule has 1 aromatic rings. The fourth-order valence-electron chi connectivity index (χ4n) is 2.15. The van der Waals surface area contributed by atoms with E-state index >= 15 is 0 Å². The van der Waals surface area contributed by atoms with Gasteiger partial charge in [-0.05, 0) is 26.7 Å². The second-order valence-electron chi connectivity index (χ2n) is 4.16. The number of hydrogen-bond donors (Lipinski definition) is 1. The Morgan fingerprint density at radius 2 is 2.47 bits per heavy atom. The molecule has 2 heterocycles. The minimum Gasteiger partial charge on any atom is -0.373 e. The van der Waals surface area contributed by atoms with Gasteiger partial charge < -0.3 is 15.0 Å². The van der Waals surface area contributed by atoms with E-state index < -0.39 is 0 Å². The molecule has 1 aliphatic rings. The monoisotopic (exact) mass is 209 g/mol. The molecule has 84 valence electrons. The van der Waals surface area contributed by atoms with Gasteiger partial charge in [-0.15, -0.1) is 0 Å². The molecule has 0 aromatic carbocycles. The Bertz CT molecular complexity index is 323. The second kappa shape index (κ2) is 4.33. The first-order valence-electron chi connectivity index (χ1n) is 5.64. The second-order valence-corrected chi connectivity index (χ2v) is 4.16. The van der Waals surface area contributed by atoms with Crippen molar-refractivity contribution in [2.45, 2.75) is 51.5 Å². The van der Waals surface area contributed by atoms with Crippen molar-refractivity contribution in [2.24, 2.45) is 5.73 Å². The number of imidazole rings is 1. The average Bonchev–Trinajstić information content (AvgIpc) is 2.84. The highest BCUT2D eigenvalue weighted by molar-refractivity contribution is 5.02. The van der Waals surface area contributed by atoms with Crippen LogP contribution in [0.1, 0.15) is 38.6 Å². The van der Waals surface area contributed by atoms with Crippen LogP contribution < -0.4 is 5.73 Å². The lowest BCUT2D eigenvalue weighted by molar-refractivity contribution is 0.0378. The zero-order valence-corrected chi connectivity index (χ0v) is 9.39. The molecule has 1 saturated heterocycles. The molecule has 2 rings (SSSR count). The van der Waals surface area contributed by atoms with Gasteiger partial charge in [0.05, 0.1) is 18.2 Å². The Balaban J connectivity index is 2.10. The van der Waals surface area contributed by atoms with Crippen molar-refractivity contribution in [3.8, 4) is 0 Å². The van der Waals surface area contributed by atoms with Gasteiger partial charge in [-0.2, -0.15) is 0 Å². The molecular formula is C11H19N3O. The van der Waals surface area contributed by atoms with Crippen LogP contribution in [0.25, 0.3) is 0 Å². The molecular weight excluding hydrogens is 190 g/mol. The molecule has 15 heavy (non-hydrogen) atoms. The summed E-state index contributed by atoms with van der Waals surface area (Å²) < 4.78 is 7.85. The van der Waals surface area contributed by atoms with E-state index in [0.717, 1.165) is 25.2 Å². The molecule has 0 bridgehead atoms. The number of ether oxygens (including phenoxy) is 1. The Morgan fingerprint density at radius 1 is 1.67 bits per heavy atom. The van der Waals surface area contributed by atoms with Crippen molar-refractivity contribution < 1.29 is 4.74 Å². The highest BCUT2D eigenvalue weighted by atomic mass is 16.5. The molecule has 1 aromatic heterocycles. The van der Waals surface area contributed by atoms with Gasteiger partial charge in [-0.3, -0.25) is 0 Å². The highest BCUT2D eigenvalue weighted by Gasteiger charge is 2.30. The molecule has 3 atom stereocenters. The number of nitrogens with zero attached hydrogens (tertiary/aromatic N) is 2. The zero-order valence-electron chi connectivity index (χ0n) is 9.39. The molecule has 0 aliphatic carbocycles. The molecule has 2 N–H and O–H groups in total. The normalized spacial score (nSPS) is 28.2. The minimum atomic E-state index is -0.0927. The summed E-state index contributed by atoms with van der Waals surface area (Å²) in [7, 11) is 0. The molecule has 0 spiro atoms. The van der Waals surface area contributed by atoms with Gasteiger partial charge in [0.1, 0.15) is 5.82 Å². The number of hydrogen-bond acceptors (Lipinski definition) is 3. The maximum absolute atomic E-state index is 6.18. The van der Waals surface area contributed by atoms with Crippen LogP contribution in [-0.4, -0.2) is 21.8 Å². The maximum atomic E-state index is 6.18. The quantitative estimate of drug-likeness (QED) is 0.820. The van der Waals surface area contributed by atoms with Crippen molar-refractivity contribution in [1.82, 2.24) is 9.55 Å². The Hall–Kier alpha value is -0.870. The summed E-state index contributed by atoms with van der Waals surface area (Å²) in [5.74, 6) is 0.941. The Morgan fingerprint density at radius 3 is 3.07 bits per heavy atom. The van der Waals surface area contributed by atoms with Crippen LogP contribution in [0, 0.1) is 0 Å². The predicted octanol–water partition coefficient (Wildman–Crippen LogP) is 1.47. The first-order valence-corrected chi connectivity index (χ1v) is 5.64. The first-order chi connectivity index (χ1) is 7.22. The molecule has 3 unspecified atom stereocenters. The van der Waals surface area contributed by atoms with Crippen LogP contribution in [0.2, 0.25) is 0 Å². The average molecular weight is 209 g/mol. The summed E-state index contributed by atoms with van der Waals surface area (Å²) in [6.45, 7) is 5.10. The van der Waals surface area contributed by atoms with Crippen molar-refractivity contribution >= 4 is 0 Å². The molecule has 4 nitrogen and oxygen atoms in total. The predicted molar refractivity (Wildman–Crippen MR) is 58.4 cm³/mol. The van der Waals surface area contributed by atoms with Crippen LogP contribution >= 0.6 is 0 Å². The van der Waals surface area contributed by atoms with E-state index in [4.69, 9.17) is 10.5 Å². The van der Waals surface area contributed by atoms with Crippen LogP contribution in [0.3, 0.4) is 0 Å².